The predicted octanol–water partition coefficient (Wildman–Crippen LogP) is 4.76. The smallest absolute Gasteiger partial charge is 0.310 e. The highest BCUT2D eigenvalue weighted by Gasteiger charge is 2.33. The number of nitrogens with one attached hydrogen (secondary N) is 1. The molecule has 5 heteroatoms. The molecule has 0 aliphatic rings. The van der Waals surface area contributed by atoms with E-state index in [1.807, 2.05) is 6.92 Å². The number of alkyl halides is 3. The first-order chi connectivity index (χ1) is 9.24. The molecule has 0 amide bonds. The Balaban J connectivity index is 2.73. The summed E-state index contributed by atoms with van der Waals surface area (Å²) in [6, 6.07) is 2.93. The summed E-state index contributed by atoms with van der Waals surface area (Å²) in [5.41, 5.74) is -0.823. The summed E-state index contributed by atoms with van der Waals surface area (Å²) < 4.78 is 51.4. The number of benzene rings is 1. The third-order valence-corrected chi connectivity index (χ3v) is 3.47. The van der Waals surface area contributed by atoms with Gasteiger partial charge in [-0.3, -0.25) is 0 Å². The van der Waals surface area contributed by atoms with E-state index in [1.165, 1.54) is 6.07 Å². The fraction of sp³-hybridized carbons (Fsp3) is 0.600. The van der Waals surface area contributed by atoms with Crippen LogP contribution >= 0.6 is 0 Å². The van der Waals surface area contributed by atoms with Crippen molar-refractivity contribution in [2.24, 2.45) is 5.92 Å². The van der Waals surface area contributed by atoms with Crippen molar-refractivity contribution >= 4 is 0 Å². The van der Waals surface area contributed by atoms with Crippen LogP contribution in [0.15, 0.2) is 18.2 Å². The monoisotopic (exact) mass is 291 g/mol. The van der Waals surface area contributed by atoms with Crippen molar-refractivity contribution in [3.63, 3.8) is 0 Å². The summed E-state index contributed by atoms with van der Waals surface area (Å²) in [7, 11) is 0. The maximum absolute atomic E-state index is 13.0. The molecule has 0 spiro atoms. The number of hydrogen-bond acceptors (Lipinski definition) is 1. The average molecular weight is 291 g/mol. The highest BCUT2D eigenvalue weighted by molar-refractivity contribution is 5.30. The Hall–Kier alpha value is -1.10. The van der Waals surface area contributed by atoms with E-state index in [9.17, 15) is 17.6 Å². The number of halogens is 4. The second-order valence-electron chi connectivity index (χ2n) is 5.33. The lowest BCUT2D eigenvalue weighted by Gasteiger charge is -2.19. The minimum Gasteiger partial charge on any atom is -0.310 e. The van der Waals surface area contributed by atoms with Gasteiger partial charge in [-0.25, -0.2) is 4.39 Å². The molecule has 1 N–H and O–H groups in total. The summed E-state index contributed by atoms with van der Waals surface area (Å²) in [5.74, 6) is -0.346. The highest BCUT2D eigenvalue weighted by Crippen LogP contribution is 2.32. The molecule has 0 saturated heterocycles. The van der Waals surface area contributed by atoms with Gasteiger partial charge in [0.05, 0.1) is 5.56 Å². The molecule has 2 atom stereocenters. The molecule has 2 unspecified atom stereocenters. The van der Waals surface area contributed by atoms with Crippen molar-refractivity contribution in [1.82, 2.24) is 5.32 Å². The Morgan fingerprint density at radius 2 is 1.85 bits per heavy atom. The molecule has 1 aromatic rings. The first kappa shape index (κ1) is 17.0. The van der Waals surface area contributed by atoms with Crippen molar-refractivity contribution in [3.05, 3.63) is 35.1 Å². The highest BCUT2D eigenvalue weighted by atomic mass is 19.4. The van der Waals surface area contributed by atoms with Gasteiger partial charge in [-0.2, -0.15) is 13.2 Å². The fourth-order valence-electron chi connectivity index (χ4n) is 2.10. The third-order valence-electron chi connectivity index (χ3n) is 3.47. The molecular formula is C15H21F4N. The van der Waals surface area contributed by atoms with Crippen molar-refractivity contribution in [2.45, 2.75) is 52.4 Å². The molecular weight excluding hydrogens is 270 g/mol. The van der Waals surface area contributed by atoms with Gasteiger partial charge in [-0.1, -0.05) is 26.3 Å². The molecule has 0 bridgehead atoms. The molecule has 0 aromatic heterocycles. The van der Waals surface area contributed by atoms with E-state index in [1.54, 1.807) is 0 Å². The lowest BCUT2D eigenvalue weighted by atomic mass is 10.00. The zero-order valence-electron chi connectivity index (χ0n) is 12.0. The summed E-state index contributed by atoms with van der Waals surface area (Å²) in [4.78, 5) is 0. The first-order valence-corrected chi connectivity index (χ1v) is 6.83. The second kappa shape index (κ2) is 7.07. The van der Waals surface area contributed by atoms with E-state index in [0.717, 1.165) is 18.9 Å². The van der Waals surface area contributed by atoms with E-state index >= 15 is 0 Å². The third kappa shape index (κ3) is 5.12. The zero-order chi connectivity index (χ0) is 15.3. The quantitative estimate of drug-likeness (QED) is 0.745. The van der Waals surface area contributed by atoms with Crippen LogP contribution in [-0.4, -0.2) is 6.04 Å². The normalized spacial score (nSPS) is 15.2. The van der Waals surface area contributed by atoms with Gasteiger partial charge in [0.2, 0.25) is 0 Å². The minimum absolute atomic E-state index is 0.0786. The average Bonchev–Trinajstić information content (AvgIpc) is 2.36. The molecule has 0 aliphatic heterocycles. The van der Waals surface area contributed by atoms with E-state index < -0.39 is 17.6 Å². The Morgan fingerprint density at radius 1 is 1.20 bits per heavy atom. The van der Waals surface area contributed by atoms with E-state index in [4.69, 9.17) is 0 Å². The molecule has 1 aromatic carbocycles. The fourth-order valence-corrected chi connectivity index (χ4v) is 2.10. The van der Waals surface area contributed by atoms with Gasteiger partial charge in [-0.05, 0) is 37.0 Å². The van der Waals surface area contributed by atoms with E-state index in [2.05, 4.69) is 19.2 Å². The Labute approximate surface area is 117 Å². The van der Waals surface area contributed by atoms with Crippen molar-refractivity contribution in [1.29, 1.82) is 0 Å². The van der Waals surface area contributed by atoms with Crippen molar-refractivity contribution < 1.29 is 17.6 Å². The maximum atomic E-state index is 13.0. The molecule has 0 heterocycles. The Morgan fingerprint density at radius 3 is 2.40 bits per heavy atom. The minimum atomic E-state index is -4.53. The van der Waals surface area contributed by atoms with Gasteiger partial charge in [0, 0.05) is 12.6 Å². The van der Waals surface area contributed by atoms with E-state index in [-0.39, 0.29) is 18.2 Å². The lowest BCUT2D eigenvalue weighted by molar-refractivity contribution is -0.138. The van der Waals surface area contributed by atoms with Gasteiger partial charge in [0.25, 0.3) is 0 Å². The second-order valence-corrected chi connectivity index (χ2v) is 5.33. The topological polar surface area (TPSA) is 12.0 Å². The van der Waals surface area contributed by atoms with Crippen LogP contribution in [0.5, 0.6) is 0 Å². The SMILES string of the molecule is CCC(C)CC(C)NCc1ccc(F)cc1C(F)(F)F. The Bertz CT molecular complexity index is 428. The summed E-state index contributed by atoms with van der Waals surface area (Å²) in [5, 5.41) is 3.07. The maximum Gasteiger partial charge on any atom is 0.416 e. The van der Waals surface area contributed by atoms with Gasteiger partial charge in [0.15, 0.2) is 0 Å². The largest absolute Gasteiger partial charge is 0.416 e. The zero-order valence-corrected chi connectivity index (χ0v) is 12.0. The summed E-state index contributed by atoms with van der Waals surface area (Å²) in [6.07, 6.45) is -2.59. The van der Waals surface area contributed by atoms with Crippen LogP contribution < -0.4 is 5.32 Å². The molecule has 1 nitrogen and oxygen atoms in total. The molecule has 1 rings (SSSR count). The molecule has 0 radical (unpaired) electrons. The van der Waals surface area contributed by atoms with Crippen LogP contribution in [0.25, 0.3) is 0 Å². The van der Waals surface area contributed by atoms with Gasteiger partial charge >= 0.3 is 6.18 Å². The molecule has 114 valence electrons. The molecule has 0 fully saturated rings. The Kier molecular flexibility index (Phi) is 5.99. The van der Waals surface area contributed by atoms with Crippen LogP contribution in [0.3, 0.4) is 0 Å². The number of hydrogen-bond donors (Lipinski definition) is 1. The summed E-state index contributed by atoms with van der Waals surface area (Å²) >= 11 is 0. The van der Waals surface area contributed by atoms with Crippen LogP contribution in [0.2, 0.25) is 0 Å². The molecule has 20 heavy (non-hydrogen) atoms. The van der Waals surface area contributed by atoms with Gasteiger partial charge in [-0.15, -0.1) is 0 Å². The first-order valence-electron chi connectivity index (χ1n) is 6.83. The van der Waals surface area contributed by atoms with Crippen LogP contribution in [0, 0.1) is 11.7 Å². The molecule has 0 aliphatic carbocycles. The standard InChI is InChI=1S/C15H21F4N/c1-4-10(2)7-11(3)20-9-12-5-6-13(16)8-14(12)15(17,18)19/h5-6,8,10-11,20H,4,7,9H2,1-3H3. The van der Waals surface area contributed by atoms with Crippen molar-refractivity contribution in [2.75, 3.05) is 0 Å². The van der Waals surface area contributed by atoms with Crippen LogP contribution in [0.1, 0.15) is 44.7 Å². The van der Waals surface area contributed by atoms with E-state index in [0.29, 0.717) is 12.0 Å². The van der Waals surface area contributed by atoms with Gasteiger partial charge in [0.1, 0.15) is 5.82 Å². The summed E-state index contributed by atoms with van der Waals surface area (Å²) in [6.45, 7) is 6.23. The van der Waals surface area contributed by atoms with Crippen LogP contribution in [-0.2, 0) is 12.7 Å². The molecule has 0 saturated carbocycles. The predicted molar refractivity (Wildman–Crippen MR) is 71.8 cm³/mol. The lowest BCUT2D eigenvalue weighted by Crippen LogP contribution is -2.28. The number of rotatable bonds is 6. The van der Waals surface area contributed by atoms with Crippen molar-refractivity contribution in [3.8, 4) is 0 Å². The van der Waals surface area contributed by atoms with Gasteiger partial charge < -0.3 is 5.32 Å². The van der Waals surface area contributed by atoms with Crippen LogP contribution in [0.4, 0.5) is 17.6 Å².